The van der Waals surface area contributed by atoms with Crippen molar-refractivity contribution in [3.8, 4) is 0 Å². The van der Waals surface area contributed by atoms with Gasteiger partial charge >= 0.3 is 0 Å². The average Bonchev–Trinajstić information content (AvgIpc) is 2.18. The van der Waals surface area contributed by atoms with Gasteiger partial charge in [-0.25, -0.2) is 0 Å². The van der Waals surface area contributed by atoms with Gasteiger partial charge in [-0.2, -0.15) is 0 Å². The number of hydrogen-bond donors (Lipinski definition) is 2. The van der Waals surface area contributed by atoms with Crippen LogP contribution in [0.5, 0.6) is 0 Å². The first kappa shape index (κ1) is 12.4. The summed E-state index contributed by atoms with van der Waals surface area (Å²) in [6.45, 7) is 6.79. The maximum absolute atomic E-state index is 10.9. The van der Waals surface area contributed by atoms with Gasteiger partial charge < -0.3 is 16.2 Å². The highest BCUT2D eigenvalue weighted by atomic mass is 16.5. The second-order valence-corrected chi connectivity index (χ2v) is 4.33. The number of carbonyl (C=O) groups excluding carboxylic acids is 1. The van der Waals surface area contributed by atoms with E-state index in [0.29, 0.717) is 13.2 Å². The van der Waals surface area contributed by atoms with Crippen LogP contribution < -0.4 is 11.5 Å². The van der Waals surface area contributed by atoms with Crippen molar-refractivity contribution in [1.29, 1.82) is 0 Å². The number of carbonyl (C=O) groups is 1. The van der Waals surface area contributed by atoms with Gasteiger partial charge in [0.25, 0.3) is 0 Å². The fourth-order valence-corrected chi connectivity index (χ4v) is 1.69. The zero-order valence-corrected chi connectivity index (χ0v) is 9.48. The molecular formula is C10H21N3O2. The number of nitrogens with two attached hydrogens (primary N) is 2. The molecule has 1 fully saturated rings. The average molecular weight is 215 g/mol. The molecule has 88 valence electrons. The Morgan fingerprint density at radius 3 is 2.80 bits per heavy atom. The summed E-state index contributed by atoms with van der Waals surface area (Å²) in [6, 6.07) is 0.0247. The van der Waals surface area contributed by atoms with Crippen LogP contribution in [0.25, 0.3) is 0 Å². The molecule has 0 aromatic rings. The summed E-state index contributed by atoms with van der Waals surface area (Å²) in [6.07, 6.45) is 0.0684. The summed E-state index contributed by atoms with van der Waals surface area (Å²) < 4.78 is 5.53. The molecule has 5 nitrogen and oxygen atoms in total. The van der Waals surface area contributed by atoms with Crippen LogP contribution in [0.15, 0.2) is 0 Å². The molecule has 1 saturated heterocycles. The van der Waals surface area contributed by atoms with Crippen LogP contribution in [0, 0.1) is 5.92 Å². The third kappa shape index (κ3) is 3.77. The molecule has 3 unspecified atom stereocenters. The Morgan fingerprint density at radius 2 is 2.27 bits per heavy atom. The molecule has 1 amide bonds. The van der Waals surface area contributed by atoms with Crippen molar-refractivity contribution in [3.63, 3.8) is 0 Å². The third-order valence-electron chi connectivity index (χ3n) is 2.78. The Labute approximate surface area is 90.7 Å². The molecule has 0 saturated carbocycles. The first-order valence-corrected chi connectivity index (χ1v) is 5.39. The summed E-state index contributed by atoms with van der Waals surface area (Å²) in [5.41, 5.74) is 11.0. The van der Waals surface area contributed by atoms with Crippen molar-refractivity contribution in [2.24, 2.45) is 17.4 Å². The Hall–Kier alpha value is -0.650. The van der Waals surface area contributed by atoms with Crippen LogP contribution in [0.3, 0.4) is 0 Å². The molecule has 1 aliphatic rings. The number of nitrogens with zero attached hydrogens (tertiary/aromatic N) is 1. The van der Waals surface area contributed by atoms with Crippen LogP contribution in [-0.4, -0.2) is 49.2 Å². The fourth-order valence-electron chi connectivity index (χ4n) is 1.69. The SMILES string of the molecule is CC(CN1CCOC(C(C)N)C1)C(N)=O. The van der Waals surface area contributed by atoms with E-state index < -0.39 is 0 Å². The maximum Gasteiger partial charge on any atom is 0.221 e. The molecule has 15 heavy (non-hydrogen) atoms. The molecule has 1 heterocycles. The molecule has 0 aromatic heterocycles. The Kier molecular flexibility index (Phi) is 4.50. The van der Waals surface area contributed by atoms with E-state index in [1.807, 2.05) is 13.8 Å². The molecule has 0 spiro atoms. The molecule has 0 bridgehead atoms. The summed E-state index contributed by atoms with van der Waals surface area (Å²) in [7, 11) is 0. The van der Waals surface area contributed by atoms with Crippen molar-refractivity contribution in [2.75, 3.05) is 26.2 Å². The minimum absolute atomic E-state index is 0.0247. The van der Waals surface area contributed by atoms with Crippen LogP contribution in [-0.2, 0) is 9.53 Å². The van der Waals surface area contributed by atoms with Gasteiger partial charge in [-0.15, -0.1) is 0 Å². The second-order valence-electron chi connectivity index (χ2n) is 4.33. The standard InChI is InChI=1S/C10H21N3O2/c1-7(10(12)14)5-13-3-4-15-9(6-13)8(2)11/h7-9H,3-6,11H2,1-2H3,(H2,12,14). The highest BCUT2D eigenvalue weighted by Gasteiger charge is 2.25. The van der Waals surface area contributed by atoms with E-state index in [4.69, 9.17) is 16.2 Å². The Morgan fingerprint density at radius 1 is 1.60 bits per heavy atom. The maximum atomic E-state index is 10.9. The van der Waals surface area contributed by atoms with Crippen LogP contribution in [0.1, 0.15) is 13.8 Å². The minimum Gasteiger partial charge on any atom is -0.374 e. The van der Waals surface area contributed by atoms with Crippen LogP contribution >= 0.6 is 0 Å². The van der Waals surface area contributed by atoms with Gasteiger partial charge in [-0.3, -0.25) is 9.69 Å². The first-order chi connectivity index (χ1) is 7.00. The van der Waals surface area contributed by atoms with Crippen molar-refractivity contribution in [2.45, 2.75) is 26.0 Å². The van der Waals surface area contributed by atoms with E-state index >= 15 is 0 Å². The highest BCUT2D eigenvalue weighted by Crippen LogP contribution is 2.09. The molecule has 5 heteroatoms. The molecule has 0 radical (unpaired) electrons. The molecule has 4 N–H and O–H groups in total. The predicted octanol–water partition coefficient (Wildman–Crippen LogP) is -0.844. The smallest absolute Gasteiger partial charge is 0.221 e. The number of hydrogen-bond acceptors (Lipinski definition) is 4. The van der Waals surface area contributed by atoms with Crippen molar-refractivity contribution >= 4 is 5.91 Å². The van der Waals surface area contributed by atoms with E-state index in [0.717, 1.165) is 13.1 Å². The molecule has 1 aliphatic heterocycles. The molecule has 0 aliphatic carbocycles. The summed E-state index contributed by atoms with van der Waals surface area (Å²) >= 11 is 0. The summed E-state index contributed by atoms with van der Waals surface area (Å²) in [5, 5.41) is 0. The van der Waals surface area contributed by atoms with Crippen LogP contribution in [0.4, 0.5) is 0 Å². The number of morpholine rings is 1. The van der Waals surface area contributed by atoms with Gasteiger partial charge in [0.05, 0.1) is 12.7 Å². The van der Waals surface area contributed by atoms with Gasteiger partial charge in [-0.1, -0.05) is 6.92 Å². The Balaban J connectivity index is 2.39. The van der Waals surface area contributed by atoms with Gasteiger partial charge in [-0.05, 0) is 6.92 Å². The minimum atomic E-state index is -0.251. The van der Waals surface area contributed by atoms with Gasteiger partial charge in [0, 0.05) is 31.6 Å². The molecule has 0 aromatic carbocycles. The number of amides is 1. The third-order valence-corrected chi connectivity index (χ3v) is 2.78. The summed E-state index contributed by atoms with van der Waals surface area (Å²) in [4.78, 5) is 13.1. The lowest BCUT2D eigenvalue weighted by Gasteiger charge is -2.35. The lowest BCUT2D eigenvalue weighted by molar-refractivity contribution is -0.122. The zero-order valence-electron chi connectivity index (χ0n) is 9.48. The van der Waals surface area contributed by atoms with Crippen LogP contribution in [0.2, 0.25) is 0 Å². The van der Waals surface area contributed by atoms with Crippen molar-refractivity contribution in [1.82, 2.24) is 4.90 Å². The number of ether oxygens (including phenoxy) is 1. The van der Waals surface area contributed by atoms with E-state index in [-0.39, 0.29) is 24.0 Å². The lowest BCUT2D eigenvalue weighted by atomic mass is 10.1. The van der Waals surface area contributed by atoms with E-state index in [9.17, 15) is 4.79 Å². The highest BCUT2D eigenvalue weighted by molar-refractivity contribution is 5.76. The second kappa shape index (κ2) is 5.44. The topological polar surface area (TPSA) is 81.6 Å². The quantitative estimate of drug-likeness (QED) is 0.640. The zero-order chi connectivity index (χ0) is 11.4. The summed E-state index contributed by atoms with van der Waals surface area (Å²) in [5.74, 6) is -0.365. The monoisotopic (exact) mass is 215 g/mol. The molecular weight excluding hydrogens is 194 g/mol. The fraction of sp³-hybridized carbons (Fsp3) is 0.900. The van der Waals surface area contributed by atoms with Crippen molar-refractivity contribution in [3.05, 3.63) is 0 Å². The van der Waals surface area contributed by atoms with Gasteiger partial charge in [0.15, 0.2) is 0 Å². The molecule has 3 atom stereocenters. The largest absolute Gasteiger partial charge is 0.374 e. The number of rotatable bonds is 4. The van der Waals surface area contributed by atoms with Gasteiger partial charge in [0.2, 0.25) is 5.91 Å². The van der Waals surface area contributed by atoms with Crippen molar-refractivity contribution < 1.29 is 9.53 Å². The van der Waals surface area contributed by atoms with E-state index in [1.165, 1.54) is 0 Å². The molecule has 1 rings (SSSR count). The Bertz CT molecular complexity index is 221. The first-order valence-electron chi connectivity index (χ1n) is 5.39. The predicted molar refractivity (Wildman–Crippen MR) is 58.2 cm³/mol. The van der Waals surface area contributed by atoms with E-state index in [2.05, 4.69) is 4.90 Å². The normalized spacial score (nSPS) is 27.3. The van der Waals surface area contributed by atoms with E-state index in [1.54, 1.807) is 0 Å². The number of primary amides is 1. The van der Waals surface area contributed by atoms with Gasteiger partial charge in [0.1, 0.15) is 0 Å². The lowest BCUT2D eigenvalue weighted by Crippen LogP contribution is -2.51.